The van der Waals surface area contributed by atoms with E-state index in [0.29, 0.717) is 18.0 Å². The summed E-state index contributed by atoms with van der Waals surface area (Å²) in [5.74, 6) is 1.10. The molecule has 1 amide bonds. The van der Waals surface area contributed by atoms with Crippen molar-refractivity contribution in [2.75, 3.05) is 31.1 Å². The standard InChI is InChI=1S/C16H17N5OS2/c1-2-12-14(24-19-17-12)16(22)21-9-7-20(8-10-21)15-11-5-3-4-6-13(11)23-18-15/h3-6H,2,7-10H2,1H3. The molecule has 24 heavy (non-hydrogen) atoms. The lowest BCUT2D eigenvalue weighted by Crippen LogP contribution is -2.49. The summed E-state index contributed by atoms with van der Waals surface area (Å²) in [6.07, 6.45) is 0.738. The highest BCUT2D eigenvalue weighted by Gasteiger charge is 2.27. The molecule has 1 saturated heterocycles. The van der Waals surface area contributed by atoms with Crippen LogP contribution >= 0.6 is 23.1 Å². The van der Waals surface area contributed by atoms with Gasteiger partial charge in [0.15, 0.2) is 0 Å². The van der Waals surface area contributed by atoms with Crippen LogP contribution in [-0.4, -0.2) is 50.9 Å². The van der Waals surface area contributed by atoms with Gasteiger partial charge in [-0.25, -0.2) is 0 Å². The van der Waals surface area contributed by atoms with Gasteiger partial charge in [-0.05, 0) is 41.6 Å². The summed E-state index contributed by atoms with van der Waals surface area (Å²) in [5.41, 5.74) is 0.804. The highest BCUT2D eigenvalue weighted by Crippen LogP contribution is 2.30. The van der Waals surface area contributed by atoms with Crippen molar-refractivity contribution in [2.45, 2.75) is 13.3 Å². The maximum absolute atomic E-state index is 12.7. The maximum Gasteiger partial charge on any atom is 0.267 e. The number of anilines is 1. The molecule has 1 aliphatic heterocycles. The normalized spacial score (nSPS) is 15.2. The first-order chi connectivity index (χ1) is 11.8. The molecule has 0 bridgehead atoms. The predicted molar refractivity (Wildman–Crippen MR) is 97.0 cm³/mol. The Kier molecular flexibility index (Phi) is 4.15. The third-order valence-electron chi connectivity index (χ3n) is 4.31. The Bertz CT molecular complexity index is 866. The van der Waals surface area contributed by atoms with Crippen LogP contribution in [0.4, 0.5) is 5.82 Å². The van der Waals surface area contributed by atoms with Crippen molar-refractivity contribution in [2.24, 2.45) is 0 Å². The van der Waals surface area contributed by atoms with Crippen LogP contribution in [-0.2, 0) is 6.42 Å². The summed E-state index contributed by atoms with van der Waals surface area (Å²) in [5, 5.41) is 5.24. The Balaban J connectivity index is 1.48. The topological polar surface area (TPSA) is 62.2 Å². The van der Waals surface area contributed by atoms with E-state index < -0.39 is 0 Å². The minimum absolute atomic E-state index is 0.0598. The van der Waals surface area contributed by atoms with E-state index in [1.54, 1.807) is 0 Å². The number of nitrogens with zero attached hydrogens (tertiary/aromatic N) is 5. The zero-order valence-electron chi connectivity index (χ0n) is 13.3. The fourth-order valence-electron chi connectivity index (χ4n) is 2.97. The molecule has 0 unspecified atom stereocenters. The molecule has 124 valence electrons. The van der Waals surface area contributed by atoms with Crippen molar-refractivity contribution >= 4 is 44.9 Å². The lowest BCUT2D eigenvalue weighted by Gasteiger charge is -2.34. The Labute approximate surface area is 148 Å². The number of rotatable bonds is 3. The van der Waals surface area contributed by atoms with Gasteiger partial charge in [0.25, 0.3) is 5.91 Å². The highest BCUT2D eigenvalue weighted by atomic mass is 32.1. The molecule has 0 spiro atoms. The molecule has 0 aliphatic carbocycles. The van der Waals surface area contributed by atoms with Crippen molar-refractivity contribution in [1.82, 2.24) is 18.9 Å². The third-order valence-corrected chi connectivity index (χ3v) is 5.88. The van der Waals surface area contributed by atoms with Crippen molar-refractivity contribution in [1.29, 1.82) is 0 Å². The van der Waals surface area contributed by atoms with Crippen molar-refractivity contribution in [3.8, 4) is 0 Å². The summed E-state index contributed by atoms with van der Waals surface area (Å²) in [6.45, 7) is 5.00. The number of carbonyl (C=O) groups is 1. The molecule has 8 heteroatoms. The molecule has 2 aromatic heterocycles. The number of hydrogen-bond donors (Lipinski definition) is 0. The monoisotopic (exact) mass is 359 g/mol. The van der Waals surface area contributed by atoms with E-state index in [0.717, 1.165) is 31.0 Å². The highest BCUT2D eigenvalue weighted by molar-refractivity contribution is 7.13. The number of aryl methyl sites for hydroxylation is 1. The molecule has 1 aromatic carbocycles. The molecule has 4 rings (SSSR count). The molecule has 3 aromatic rings. The van der Waals surface area contributed by atoms with Crippen LogP contribution in [0.15, 0.2) is 24.3 Å². The lowest BCUT2D eigenvalue weighted by atomic mass is 10.2. The molecule has 6 nitrogen and oxygen atoms in total. The van der Waals surface area contributed by atoms with E-state index in [1.165, 1.54) is 33.2 Å². The van der Waals surface area contributed by atoms with Gasteiger partial charge < -0.3 is 9.80 Å². The predicted octanol–water partition coefficient (Wildman–Crippen LogP) is 2.67. The first-order valence-electron chi connectivity index (χ1n) is 7.97. The SMILES string of the molecule is CCc1nnsc1C(=O)N1CCN(c2nsc3ccccc23)CC1. The molecule has 1 fully saturated rings. The van der Waals surface area contributed by atoms with Crippen LogP contribution in [0.3, 0.4) is 0 Å². The van der Waals surface area contributed by atoms with Crippen molar-refractivity contribution in [3.05, 3.63) is 34.8 Å². The maximum atomic E-state index is 12.7. The zero-order valence-corrected chi connectivity index (χ0v) is 14.9. The minimum atomic E-state index is 0.0598. The second-order valence-electron chi connectivity index (χ2n) is 5.68. The first kappa shape index (κ1) is 15.5. The Morgan fingerprint density at radius 3 is 2.75 bits per heavy atom. The van der Waals surface area contributed by atoms with Gasteiger partial charge in [-0.3, -0.25) is 4.79 Å². The van der Waals surface area contributed by atoms with Crippen LogP contribution in [0.5, 0.6) is 0 Å². The van der Waals surface area contributed by atoms with Gasteiger partial charge in [-0.2, -0.15) is 4.37 Å². The van der Waals surface area contributed by atoms with Gasteiger partial charge in [-0.1, -0.05) is 23.5 Å². The molecule has 0 atom stereocenters. The quantitative estimate of drug-likeness (QED) is 0.719. The molecule has 0 N–H and O–H groups in total. The summed E-state index contributed by atoms with van der Waals surface area (Å²) in [6, 6.07) is 8.29. The van der Waals surface area contributed by atoms with Crippen LogP contribution in [0.2, 0.25) is 0 Å². The van der Waals surface area contributed by atoms with Gasteiger partial charge in [0.2, 0.25) is 0 Å². The van der Waals surface area contributed by atoms with Gasteiger partial charge in [0, 0.05) is 31.6 Å². The molecule has 1 aliphatic rings. The van der Waals surface area contributed by atoms with E-state index in [9.17, 15) is 4.79 Å². The van der Waals surface area contributed by atoms with Crippen LogP contribution in [0.1, 0.15) is 22.3 Å². The molecule has 0 saturated carbocycles. The number of fused-ring (bicyclic) bond motifs is 1. The molecular weight excluding hydrogens is 342 g/mol. The lowest BCUT2D eigenvalue weighted by molar-refractivity contribution is 0.0750. The Morgan fingerprint density at radius 2 is 1.96 bits per heavy atom. The number of benzene rings is 1. The van der Waals surface area contributed by atoms with E-state index in [-0.39, 0.29) is 5.91 Å². The van der Waals surface area contributed by atoms with Gasteiger partial charge in [0.1, 0.15) is 10.7 Å². The molecular formula is C16H17N5OS2. The van der Waals surface area contributed by atoms with Crippen molar-refractivity contribution in [3.63, 3.8) is 0 Å². The van der Waals surface area contributed by atoms with E-state index >= 15 is 0 Å². The van der Waals surface area contributed by atoms with Crippen LogP contribution in [0.25, 0.3) is 10.1 Å². The second kappa shape index (κ2) is 6.45. The largest absolute Gasteiger partial charge is 0.352 e. The number of hydrogen-bond acceptors (Lipinski definition) is 7. The number of amides is 1. The summed E-state index contributed by atoms with van der Waals surface area (Å²) >= 11 is 2.73. The van der Waals surface area contributed by atoms with Gasteiger partial charge >= 0.3 is 0 Å². The molecule has 3 heterocycles. The number of carbonyl (C=O) groups excluding carboxylic acids is 1. The summed E-state index contributed by atoms with van der Waals surface area (Å²) in [7, 11) is 0. The first-order valence-corrected chi connectivity index (χ1v) is 9.52. The van der Waals surface area contributed by atoms with Gasteiger partial charge in [-0.15, -0.1) is 5.10 Å². The fourth-order valence-corrected chi connectivity index (χ4v) is 4.48. The second-order valence-corrected chi connectivity index (χ2v) is 7.24. The van der Waals surface area contributed by atoms with Crippen LogP contribution < -0.4 is 4.90 Å². The zero-order chi connectivity index (χ0) is 16.5. The average molecular weight is 359 g/mol. The third kappa shape index (κ3) is 2.65. The summed E-state index contributed by atoms with van der Waals surface area (Å²) < 4.78 is 9.74. The van der Waals surface area contributed by atoms with Crippen molar-refractivity contribution < 1.29 is 4.79 Å². The summed E-state index contributed by atoms with van der Waals surface area (Å²) in [4.78, 5) is 17.5. The number of piperazine rings is 1. The minimum Gasteiger partial charge on any atom is -0.352 e. The van der Waals surface area contributed by atoms with Crippen LogP contribution in [0, 0.1) is 0 Å². The number of aromatic nitrogens is 3. The van der Waals surface area contributed by atoms with E-state index in [1.807, 2.05) is 24.0 Å². The van der Waals surface area contributed by atoms with E-state index in [2.05, 4.69) is 31.0 Å². The smallest absolute Gasteiger partial charge is 0.267 e. The van der Waals surface area contributed by atoms with Gasteiger partial charge in [0.05, 0.1) is 10.4 Å². The fraction of sp³-hybridized carbons (Fsp3) is 0.375. The average Bonchev–Trinajstić information content (AvgIpc) is 3.28. The Hall–Kier alpha value is -2.06. The Morgan fingerprint density at radius 1 is 1.17 bits per heavy atom. The molecule has 0 radical (unpaired) electrons. The van der Waals surface area contributed by atoms with E-state index in [4.69, 9.17) is 0 Å².